The van der Waals surface area contributed by atoms with Crippen molar-refractivity contribution in [3.8, 4) is 0 Å². The molecule has 0 rings (SSSR count). The number of carboxylic acids is 2. The summed E-state index contributed by atoms with van der Waals surface area (Å²) < 4.78 is 0. The van der Waals surface area contributed by atoms with Gasteiger partial charge < -0.3 is 21.7 Å². The molecule has 0 atom stereocenters. The molecule has 0 amide bonds. The van der Waals surface area contributed by atoms with Crippen molar-refractivity contribution in [3.63, 3.8) is 0 Å². The summed E-state index contributed by atoms with van der Waals surface area (Å²) in [5.41, 5.74) is 9.14. The standard InChI is InChI=1S/2C2H5NO2.Cu/c2*3-1-2(4)5;/h2*1,3H2,(H,4,5);. The number of hydrogen-bond donors (Lipinski definition) is 4. The van der Waals surface area contributed by atoms with Crippen LogP contribution in [0.4, 0.5) is 0 Å². The molecule has 0 bridgehead atoms. The van der Waals surface area contributed by atoms with E-state index in [9.17, 15) is 9.59 Å². The Kier molecular flexibility index (Phi) is 18.4. The van der Waals surface area contributed by atoms with Crippen LogP contribution < -0.4 is 11.5 Å². The van der Waals surface area contributed by atoms with Crippen LogP contribution in [0.25, 0.3) is 0 Å². The van der Waals surface area contributed by atoms with E-state index in [1.165, 1.54) is 0 Å². The number of carbonyl (C=O) groups is 2. The molecule has 0 spiro atoms. The van der Waals surface area contributed by atoms with Crippen LogP contribution in [0.1, 0.15) is 0 Å². The van der Waals surface area contributed by atoms with Gasteiger partial charge in [0.1, 0.15) is 0 Å². The van der Waals surface area contributed by atoms with Gasteiger partial charge in [0.15, 0.2) is 0 Å². The molecule has 0 heterocycles. The van der Waals surface area contributed by atoms with Gasteiger partial charge in [0.05, 0.1) is 13.1 Å². The average molecular weight is 214 g/mol. The number of aliphatic carboxylic acids is 2. The summed E-state index contributed by atoms with van der Waals surface area (Å²) in [6, 6.07) is 0. The second-order valence-electron chi connectivity index (χ2n) is 1.20. The first kappa shape index (κ1) is 16.8. The predicted molar refractivity (Wildman–Crippen MR) is 33.4 cm³/mol. The normalized spacial score (nSPS) is 6.73. The minimum absolute atomic E-state index is 0. The van der Waals surface area contributed by atoms with Crippen LogP contribution in [-0.2, 0) is 26.7 Å². The Labute approximate surface area is 74.0 Å². The van der Waals surface area contributed by atoms with Gasteiger partial charge in [0.25, 0.3) is 0 Å². The Bertz CT molecular complexity index is 105. The van der Waals surface area contributed by atoms with E-state index in [2.05, 4.69) is 11.5 Å². The molecule has 71 valence electrons. The van der Waals surface area contributed by atoms with Crippen LogP contribution in [0.15, 0.2) is 0 Å². The van der Waals surface area contributed by atoms with Gasteiger partial charge in [0, 0.05) is 17.1 Å². The van der Waals surface area contributed by atoms with Crippen molar-refractivity contribution < 1.29 is 36.9 Å². The van der Waals surface area contributed by atoms with Crippen molar-refractivity contribution in [2.75, 3.05) is 13.1 Å². The van der Waals surface area contributed by atoms with E-state index in [0.29, 0.717) is 0 Å². The molecular formula is C4H10CuN2O4. The second kappa shape index (κ2) is 12.1. The molecule has 0 aliphatic rings. The van der Waals surface area contributed by atoms with Crippen LogP contribution in [0.2, 0.25) is 0 Å². The molecule has 11 heavy (non-hydrogen) atoms. The van der Waals surface area contributed by atoms with Crippen LogP contribution in [0, 0.1) is 0 Å². The summed E-state index contributed by atoms with van der Waals surface area (Å²) in [6.07, 6.45) is 0. The maximum absolute atomic E-state index is 9.24. The third-order valence-corrected chi connectivity index (χ3v) is 0.349. The maximum Gasteiger partial charge on any atom is 0.317 e. The first-order valence-corrected chi connectivity index (χ1v) is 2.38. The van der Waals surface area contributed by atoms with Crippen LogP contribution in [0.3, 0.4) is 0 Å². The fraction of sp³-hybridized carbons (Fsp3) is 0.500. The molecule has 1 radical (unpaired) electrons. The molecule has 0 saturated carbocycles. The molecule has 6 N–H and O–H groups in total. The van der Waals surface area contributed by atoms with Gasteiger partial charge in [-0.3, -0.25) is 9.59 Å². The first-order valence-electron chi connectivity index (χ1n) is 2.38. The number of nitrogens with two attached hydrogens (primary N) is 2. The van der Waals surface area contributed by atoms with Gasteiger partial charge in [0.2, 0.25) is 0 Å². The largest absolute Gasteiger partial charge is 0.480 e. The number of hydrogen-bond acceptors (Lipinski definition) is 4. The number of carboxylic acid groups (broad SMARTS) is 2. The molecule has 0 saturated heterocycles. The summed E-state index contributed by atoms with van der Waals surface area (Å²) >= 11 is 0. The van der Waals surface area contributed by atoms with Gasteiger partial charge in [-0.1, -0.05) is 0 Å². The Morgan fingerprint density at radius 2 is 1.09 bits per heavy atom. The second-order valence-corrected chi connectivity index (χ2v) is 1.20. The molecule has 7 heteroatoms. The number of rotatable bonds is 2. The van der Waals surface area contributed by atoms with E-state index >= 15 is 0 Å². The van der Waals surface area contributed by atoms with E-state index in [-0.39, 0.29) is 30.2 Å². The van der Waals surface area contributed by atoms with E-state index in [1.54, 1.807) is 0 Å². The van der Waals surface area contributed by atoms with Gasteiger partial charge in [-0.25, -0.2) is 0 Å². The maximum atomic E-state index is 9.24. The first-order chi connectivity index (χ1) is 4.54. The smallest absolute Gasteiger partial charge is 0.317 e. The van der Waals surface area contributed by atoms with E-state index in [4.69, 9.17) is 10.2 Å². The Hall–Kier alpha value is -0.621. The average Bonchev–Trinajstić information content (AvgIpc) is 1.89. The third kappa shape index (κ3) is 44.7. The molecule has 0 unspecified atom stereocenters. The van der Waals surface area contributed by atoms with Crippen LogP contribution >= 0.6 is 0 Å². The summed E-state index contributed by atoms with van der Waals surface area (Å²) in [5.74, 6) is -1.94. The SMILES string of the molecule is NCC(=O)O.NCC(=O)O.[Cu]. The molecule has 0 aliphatic carbocycles. The summed E-state index contributed by atoms with van der Waals surface area (Å²) in [5, 5.41) is 15.2. The zero-order valence-corrected chi connectivity index (χ0v) is 6.52. The fourth-order valence-corrected chi connectivity index (χ4v) is 0. The molecule has 0 aromatic heterocycles. The fourth-order valence-electron chi connectivity index (χ4n) is 0. The summed E-state index contributed by atoms with van der Waals surface area (Å²) in [6.45, 7) is -0.556. The molecule has 0 fully saturated rings. The monoisotopic (exact) mass is 213 g/mol. The predicted octanol–water partition coefficient (Wildman–Crippen LogP) is -1.94. The van der Waals surface area contributed by atoms with Gasteiger partial charge >= 0.3 is 11.9 Å². The summed E-state index contributed by atoms with van der Waals surface area (Å²) in [7, 11) is 0. The molecule has 0 aromatic carbocycles. The Morgan fingerprint density at radius 1 is 1.00 bits per heavy atom. The molecular weight excluding hydrogens is 204 g/mol. The molecule has 0 aromatic rings. The molecule has 6 nitrogen and oxygen atoms in total. The van der Waals surface area contributed by atoms with Gasteiger partial charge in [-0.05, 0) is 0 Å². The van der Waals surface area contributed by atoms with Gasteiger partial charge in [-0.15, -0.1) is 0 Å². The minimum atomic E-state index is -0.968. The zero-order valence-electron chi connectivity index (χ0n) is 5.58. The van der Waals surface area contributed by atoms with E-state index < -0.39 is 11.9 Å². The van der Waals surface area contributed by atoms with Crippen molar-refractivity contribution in [2.24, 2.45) is 11.5 Å². The van der Waals surface area contributed by atoms with Crippen molar-refractivity contribution in [1.82, 2.24) is 0 Å². The van der Waals surface area contributed by atoms with Crippen molar-refractivity contribution in [3.05, 3.63) is 0 Å². The van der Waals surface area contributed by atoms with Crippen LogP contribution in [-0.4, -0.2) is 35.2 Å². The van der Waals surface area contributed by atoms with Crippen molar-refractivity contribution in [2.45, 2.75) is 0 Å². The van der Waals surface area contributed by atoms with Crippen molar-refractivity contribution in [1.29, 1.82) is 0 Å². The quantitative estimate of drug-likeness (QED) is 0.395. The van der Waals surface area contributed by atoms with E-state index in [1.807, 2.05) is 0 Å². The van der Waals surface area contributed by atoms with E-state index in [0.717, 1.165) is 0 Å². The topological polar surface area (TPSA) is 127 Å². The Balaban J connectivity index is -0.000000107. The minimum Gasteiger partial charge on any atom is -0.480 e. The summed E-state index contributed by atoms with van der Waals surface area (Å²) in [4.78, 5) is 18.5. The third-order valence-electron chi connectivity index (χ3n) is 0.349. The zero-order chi connectivity index (χ0) is 8.57. The van der Waals surface area contributed by atoms with Gasteiger partial charge in [-0.2, -0.15) is 0 Å². The van der Waals surface area contributed by atoms with Crippen LogP contribution in [0.5, 0.6) is 0 Å². The molecule has 0 aliphatic heterocycles. The van der Waals surface area contributed by atoms with Crippen molar-refractivity contribution >= 4 is 11.9 Å². The Morgan fingerprint density at radius 3 is 1.09 bits per heavy atom.